The molecule has 2 aliphatic rings. The Hall–Kier alpha value is -3.29. The maximum Gasteiger partial charge on any atom is 0.258 e. The molecule has 5 rings (SSSR count). The molecule has 0 atom stereocenters. The van der Waals surface area contributed by atoms with Crippen LogP contribution in [-0.2, 0) is 16.4 Å². The van der Waals surface area contributed by atoms with Crippen molar-refractivity contribution in [3.63, 3.8) is 0 Å². The van der Waals surface area contributed by atoms with Crippen LogP contribution in [0.5, 0.6) is 0 Å². The van der Waals surface area contributed by atoms with E-state index in [0.717, 1.165) is 16.7 Å². The number of carbonyl (C=O) groups excluding carboxylic acids is 2. The number of nitrogens with zero attached hydrogens (tertiary/aromatic N) is 1. The molecule has 0 fully saturated rings. The fourth-order valence-corrected chi connectivity index (χ4v) is 4.97. The minimum atomic E-state index is -3.54. The second-order valence-corrected chi connectivity index (χ2v) is 9.23. The van der Waals surface area contributed by atoms with E-state index in [0.29, 0.717) is 35.3 Å². The fourth-order valence-electron chi connectivity index (χ4n) is 4.19. The molecule has 0 saturated carbocycles. The topological polar surface area (TPSA) is 83.6 Å². The number of benzene rings is 3. The number of fused-ring (bicyclic) bond motifs is 4. The number of nitrogens with one attached hydrogen (secondary N) is 1. The first kappa shape index (κ1) is 18.7. The molecule has 0 saturated heterocycles. The van der Waals surface area contributed by atoms with Gasteiger partial charge in [-0.3, -0.25) is 9.59 Å². The van der Waals surface area contributed by atoms with Crippen LogP contribution in [0.25, 0.3) is 11.1 Å². The Balaban J connectivity index is 1.49. The lowest BCUT2D eigenvalue weighted by Gasteiger charge is -2.18. The molecular weight excluding hydrogens is 400 g/mol. The van der Waals surface area contributed by atoms with Crippen molar-refractivity contribution < 1.29 is 18.0 Å². The van der Waals surface area contributed by atoms with Gasteiger partial charge in [-0.15, -0.1) is 0 Å². The molecule has 1 aliphatic heterocycles. The van der Waals surface area contributed by atoms with Crippen LogP contribution in [0.2, 0.25) is 0 Å². The molecule has 6 nitrogen and oxygen atoms in total. The zero-order chi connectivity index (χ0) is 21.0. The lowest BCUT2D eigenvalue weighted by atomic mass is 10.0. The van der Waals surface area contributed by atoms with Gasteiger partial charge in [0.1, 0.15) is 0 Å². The zero-order valence-corrected chi connectivity index (χ0v) is 17.0. The Morgan fingerprint density at radius 3 is 2.43 bits per heavy atom. The third kappa shape index (κ3) is 2.70. The number of amides is 1. The van der Waals surface area contributed by atoms with E-state index in [1.165, 1.54) is 13.1 Å². The maximum atomic E-state index is 13.2. The number of carbonyl (C=O) groups is 2. The third-order valence-corrected chi connectivity index (χ3v) is 7.16. The Morgan fingerprint density at radius 2 is 1.67 bits per heavy atom. The highest BCUT2D eigenvalue weighted by Gasteiger charge is 2.30. The molecular formula is C23H18N2O4S. The van der Waals surface area contributed by atoms with Gasteiger partial charge in [0.05, 0.1) is 4.90 Å². The standard InChI is InChI=1S/C23H18N2O4S/c1-24-30(28,29)16-7-9-21-14(12-16)10-11-25(21)23(27)15-6-8-18-17-4-2-3-5-19(17)22(26)20(18)13-15/h2-9,12-13,24H,10-11H2,1H3. The molecule has 0 aromatic heterocycles. The average molecular weight is 418 g/mol. The van der Waals surface area contributed by atoms with E-state index in [2.05, 4.69) is 4.72 Å². The molecule has 0 unspecified atom stereocenters. The Kier molecular flexibility index (Phi) is 4.13. The molecule has 1 heterocycles. The van der Waals surface area contributed by atoms with E-state index in [1.54, 1.807) is 35.2 Å². The van der Waals surface area contributed by atoms with Gasteiger partial charge < -0.3 is 4.90 Å². The first-order chi connectivity index (χ1) is 14.4. The van der Waals surface area contributed by atoms with E-state index < -0.39 is 10.0 Å². The summed E-state index contributed by atoms with van der Waals surface area (Å²) in [6.07, 6.45) is 0.573. The predicted octanol–water partition coefficient (Wildman–Crippen LogP) is 3.01. The third-order valence-electron chi connectivity index (χ3n) is 5.74. The number of hydrogen-bond donors (Lipinski definition) is 1. The molecule has 0 bridgehead atoms. The van der Waals surface area contributed by atoms with Crippen LogP contribution < -0.4 is 9.62 Å². The smallest absolute Gasteiger partial charge is 0.258 e. The summed E-state index contributed by atoms with van der Waals surface area (Å²) in [4.78, 5) is 27.8. The summed E-state index contributed by atoms with van der Waals surface area (Å²) < 4.78 is 26.4. The van der Waals surface area contributed by atoms with Crippen LogP contribution in [0.4, 0.5) is 5.69 Å². The van der Waals surface area contributed by atoms with Crippen molar-refractivity contribution in [3.8, 4) is 11.1 Å². The number of sulfonamides is 1. The molecule has 150 valence electrons. The highest BCUT2D eigenvalue weighted by atomic mass is 32.2. The molecule has 0 spiro atoms. The maximum absolute atomic E-state index is 13.2. The first-order valence-electron chi connectivity index (χ1n) is 9.57. The fraction of sp³-hybridized carbons (Fsp3) is 0.130. The van der Waals surface area contributed by atoms with Crippen LogP contribution in [-0.4, -0.2) is 33.7 Å². The summed E-state index contributed by atoms with van der Waals surface area (Å²) in [6, 6.07) is 17.4. The van der Waals surface area contributed by atoms with Gasteiger partial charge in [0, 0.05) is 28.9 Å². The molecule has 3 aromatic carbocycles. The van der Waals surface area contributed by atoms with E-state index in [1.807, 2.05) is 24.3 Å². The van der Waals surface area contributed by atoms with Gasteiger partial charge in [-0.1, -0.05) is 30.3 Å². The molecule has 0 radical (unpaired) electrons. The number of anilines is 1. The molecule has 7 heteroatoms. The summed E-state index contributed by atoms with van der Waals surface area (Å²) in [6.45, 7) is 0.461. The molecule has 3 aromatic rings. The zero-order valence-electron chi connectivity index (χ0n) is 16.2. The summed E-state index contributed by atoms with van der Waals surface area (Å²) >= 11 is 0. The van der Waals surface area contributed by atoms with Gasteiger partial charge in [-0.25, -0.2) is 13.1 Å². The van der Waals surface area contributed by atoms with E-state index in [-0.39, 0.29) is 16.6 Å². The molecule has 30 heavy (non-hydrogen) atoms. The second kappa shape index (κ2) is 6.62. The quantitative estimate of drug-likeness (QED) is 0.554. The normalized spacial score (nSPS) is 14.4. The SMILES string of the molecule is CNS(=O)(=O)c1ccc2c(c1)CCN2C(=O)c1ccc2c(c1)C(=O)c1ccccc1-2. The monoisotopic (exact) mass is 418 g/mol. The highest BCUT2D eigenvalue weighted by Crippen LogP contribution is 2.37. The van der Waals surface area contributed by atoms with Gasteiger partial charge in [-0.2, -0.15) is 0 Å². The van der Waals surface area contributed by atoms with Crippen molar-refractivity contribution in [2.45, 2.75) is 11.3 Å². The van der Waals surface area contributed by atoms with Crippen molar-refractivity contribution in [2.24, 2.45) is 0 Å². The van der Waals surface area contributed by atoms with E-state index in [4.69, 9.17) is 0 Å². The van der Waals surface area contributed by atoms with Gasteiger partial charge in [0.15, 0.2) is 5.78 Å². The highest BCUT2D eigenvalue weighted by molar-refractivity contribution is 7.89. The minimum absolute atomic E-state index is 0.0704. The number of hydrogen-bond acceptors (Lipinski definition) is 4. The van der Waals surface area contributed by atoms with E-state index >= 15 is 0 Å². The summed E-state index contributed by atoms with van der Waals surface area (Å²) in [5.74, 6) is -0.275. The summed E-state index contributed by atoms with van der Waals surface area (Å²) in [7, 11) is -2.17. The number of ketones is 1. The molecule has 1 aliphatic carbocycles. The van der Waals surface area contributed by atoms with E-state index in [9.17, 15) is 18.0 Å². The van der Waals surface area contributed by atoms with Crippen molar-refractivity contribution in [3.05, 3.63) is 82.9 Å². The summed E-state index contributed by atoms with van der Waals surface area (Å²) in [5.41, 5.74) is 4.88. The van der Waals surface area contributed by atoms with Crippen LogP contribution in [0, 0.1) is 0 Å². The number of rotatable bonds is 3. The average Bonchev–Trinajstić information content (AvgIpc) is 3.32. The Bertz CT molecular complexity index is 1350. The largest absolute Gasteiger partial charge is 0.308 e. The second-order valence-electron chi connectivity index (χ2n) is 7.34. The predicted molar refractivity (Wildman–Crippen MR) is 113 cm³/mol. The van der Waals surface area contributed by atoms with Gasteiger partial charge in [0.25, 0.3) is 5.91 Å². The lowest BCUT2D eigenvalue weighted by molar-refractivity contribution is 0.0989. The first-order valence-corrected chi connectivity index (χ1v) is 11.1. The van der Waals surface area contributed by atoms with Crippen molar-refractivity contribution in [2.75, 3.05) is 18.5 Å². The summed E-state index contributed by atoms with van der Waals surface area (Å²) in [5, 5.41) is 0. The Labute approximate surface area is 174 Å². The van der Waals surface area contributed by atoms with Gasteiger partial charge in [-0.05, 0) is 60.5 Å². The van der Waals surface area contributed by atoms with Crippen LogP contribution in [0.1, 0.15) is 31.8 Å². The van der Waals surface area contributed by atoms with Crippen molar-refractivity contribution >= 4 is 27.4 Å². The Morgan fingerprint density at radius 1 is 0.933 bits per heavy atom. The van der Waals surface area contributed by atoms with Crippen molar-refractivity contribution in [1.82, 2.24) is 4.72 Å². The van der Waals surface area contributed by atoms with Crippen LogP contribution in [0.15, 0.2) is 65.6 Å². The van der Waals surface area contributed by atoms with Gasteiger partial charge >= 0.3 is 0 Å². The molecule has 1 N–H and O–H groups in total. The van der Waals surface area contributed by atoms with Crippen LogP contribution in [0.3, 0.4) is 0 Å². The van der Waals surface area contributed by atoms with Crippen molar-refractivity contribution in [1.29, 1.82) is 0 Å². The minimum Gasteiger partial charge on any atom is -0.308 e. The lowest BCUT2D eigenvalue weighted by Crippen LogP contribution is -2.29. The van der Waals surface area contributed by atoms with Crippen LogP contribution >= 0.6 is 0 Å². The van der Waals surface area contributed by atoms with Gasteiger partial charge in [0.2, 0.25) is 10.0 Å². The molecule has 1 amide bonds.